The molecule has 0 aliphatic heterocycles. The normalized spacial score (nSPS) is 13.5. The third-order valence-corrected chi connectivity index (χ3v) is 3.36. The van der Waals surface area contributed by atoms with Crippen molar-refractivity contribution in [3.05, 3.63) is 35.9 Å². The third-order valence-electron chi connectivity index (χ3n) is 3.36. The molecule has 0 heterocycles. The minimum Gasteiger partial charge on any atom is -0.370 e. The Hall–Kier alpha value is -1.84. The molecule has 0 spiro atoms. The van der Waals surface area contributed by atoms with Crippen LogP contribution >= 0.6 is 0 Å². The van der Waals surface area contributed by atoms with Crippen molar-refractivity contribution in [1.29, 1.82) is 0 Å². The summed E-state index contributed by atoms with van der Waals surface area (Å²) in [6, 6.07) is 9.11. The fourth-order valence-electron chi connectivity index (χ4n) is 2.09. The summed E-state index contributed by atoms with van der Waals surface area (Å²) in [5.41, 5.74) is 6.18. The predicted molar refractivity (Wildman–Crippen MR) is 79.8 cm³/mol. The molecule has 0 aromatic heterocycles. The fourth-order valence-corrected chi connectivity index (χ4v) is 2.09. The first-order valence-corrected chi connectivity index (χ1v) is 7.18. The van der Waals surface area contributed by atoms with Crippen LogP contribution in [-0.4, -0.2) is 11.8 Å². The van der Waals surface area contributed by atoms with Crippen molar-refractivity contribution in [3.63, 3.8) is 0 Å². The van der Waals surface area contributed by atoms with Crippen LogP contribution in [0.15, 0.2) is 30.3 Å². The number of carbonyl (C=O) groups is 2. The molecular weight excluding hydrogens is 252 g/mol. The van der Waals surface area contributed by atoms with Crippen LogP contribution < -0.4 is 11.1 Å². The van der Waals surface area contributed by atoms with E-state index in [0.29, 0.717) is 0 Å². The Morgan fingerprint density at radius 2 is 1.90 bits per heavy atom. The molecule has 20 heavy (non-hydrogen) atoms. The van der Waals surface area contributed by atoms with Crippen molar-refractivity contribution in [2.75, 3.05) is 0 Å². The molecule has 0 aliphatic carbocycles. The monoisotopic (exact) mass is 276 g/mol. The number of hydrogen-bond donors (Lipinski definition) is 2. The number of primary amides is 1. The molecule has 0 fully saturated rings. The van der Waals surface area contributed by atoms with Crippen LogP contribution in [0, 0.1) is 5.92 Å². The van der Waals surface area contributed by atoms with Gasteiger partial charge in [0.15, 0.2) is 0 Å². The first-order chi connectivity index (χ1) is 9.54. The number of nitrogens with one attached hydrogen (secondary N) is 1. The van der Waals surface area contributed by atoms with Gasteiger partial charge in [0.1, 0.15) is 0 Å². The number of unbranched alkanes of at least 4 members (excludes halogenated alkanes) is 1. The van der Waals surface area contributed by atoms with E-state index in [4.69, 9.17) is 5.73 Å². The van der Waals surface area contributed by atoms with Crippen molar-refractivity contribution in [1.82, 2.24) is 5.32 Å². The van der Waals surface area contributed by atoms with Gasteiger partial charge < -0.3 is 11.1 Å². The van der Waals surface area contributed by atoms with E-state index in [2.05, 4.69) is 12.2 Å². The lowest BCUT2D eigenvalue weighted by molar-refractivity contribution is -0.126. The first-order valence-electron chi connectivity index (χ1n) is 7.18. The summed E-state index contributed by atoms with van der Waals surface area (Å²) < 4.78 is 0. The quantitative estimate of drug-likeness (QED) is 0.766. The topological polar surface area (TPSA) is 72.2 Å². The van der Waals surface area contributed by atoms with Gasteiger partial charge in [-0.05, 0) is 12.0 Å². The van der Waals surface area contributed by atoms with E-state index in [1.807, 2.05) is 37.3 Å². The average Bonchev–Trinajstić information content (AvgIpc) is 2.44. The fraction of sp³-hybridized carbons (Fsp3) is 0.500. The maximum absolute atomic E-state index is 12.2. The molecule has 110 valence electrons. The number of nitrogens with two attached hydrogens (primary N) is 1. The lowest BCUT2D eigenvalue weighted by Crippen LogP contribution is -2.35. The van der Waals surface area contributed by atoms with Gasteiger partial charge in [-0.25, -0.2) is 0 Å². The van der Waals surface area contributed by atoms with E-state index in [1.54, 1.807) is 0 Å². The number of rotatable bonds is 8. The summed E-state index contributed by atoms with van der Waals surface area (Å²) >= 11 is 0. The molecule has 1 aromatic carbocycles. The predicted octanol–water partition coefficient (Wildman–Crippen LogP) is 2.55. The number of carbonyl (C=O) groups excluding carboxylic acids is 2. The van der Waals surface area contributed by atoms with E-state index >= 15 is 0 Å². The largest absolute Gasteiger partial charge is 0.370 e. The van der Waals surface area contributed by atoms with Gasteiger partial charge in [-0.1, -0.05) is 57.0 Å². The second-order valence-electron chi connectivity index (χ2n) is 5.19. The van der Waals surface area contributed by atoms with Gasteiger partial charge in [-0.15, -0.1) is 0 Å². The van der Waals surface area contributed by atoms with Crippen LogP contribution in [0.5, 0.6) is 0 Å². The summed E-state index contributed by atoms with van der Waals surface area (Å²) in [6.45, 7) is 4.02. The number of amides is 2. The second kappa shape index (κ2) is 8.35. The highest BCUT2D eigenvalue weighted by Crippen LogP contribution is 2.18. The van der Waals surface area contributed by atoms with Crippen molar-refractivity contribution in [2.24, 2.45) is 11.7 Å². The van der Waals surface area contributed by atoms with Crippen LogP contribution in [0.3, 0.4) is 0 Å². The minimum atomic E-state index is -0.416. The van der Waals surface area contributed by atoms with Gasteiger partial charge in [0.05, 0.1) is 12.5 Å². The lowest BCUT2D eigenvalue weighted by Gasteiger charge is -2.20. The van der Waals surface area contributed by atoms with Crippen molar-refractivity contribution < 1.29 is 9.59 Å². The highest BCUT2D eigenvalue weighted by Gasteiger charge is 2.20. The highest BCUT2D eigenvalue weighted by atomic mass is 16.2. The van der Waals surface area contributed by atoms with E-state index in [9.17, 15) is 9.59 Å². The molecule has 0 bridgehead atoms. The first kappa shape index (κ1) is 16.2. The van der Waals surface area contributed by atoms with E-state index in [1.165, 1.54) is 0 Å². The van der Waals surface area contributed by atoms with Crippen molar-refractivity contribution >= 4 is 11.8 Å². The molecule has 0 aliphatic rings. The summed E-state index contributed by atoms with van der Waals surface area (Å²) in [6.07, 6.45) is 3.08. The molecule has 2 amide bonds. The molecular formula is C16H24N2O2. The minimum absolute atomic E-state index is 0.0199. The van der Waals surface area contributed by atoms with Crippen LogP contribution in [-0.2, 0) is 9.59 Å². The maximum Gasteiger partial charge on any atom is 0.223 e. The molecule has 4 heteroatoms. The molecule has 1 unspecified atom stereocenters. The summed E-state index contributed by atoms with van der Waals surface area (Å²) in [7, 11) is 0. The molecule has 1 aromatic rings. The van der Waals surface area contributed by atoms with E-state index in [0.717, 1.165) is 24.8 Å². The Morgan fingerprint density at radius 1 is 1.25 bits per heavy atom. The van der Waals surface area contributed by atoms with Gasteiger partial charge >= 0.3 is 0 Å². The summed E-state index contributed by atoms with van der Waals surface area (Å²) in [5.74, 6) is -0.483. The Morgan fingerprint density at radius 3 is 2.45 bits per heavy atom. The van der Waals surface area contributed by atoms with E-state index < -0.39 is 5.91 Å². The van der Waals surface area contributed by atoms with Gasteiger partial charge in [-0.3, -0.25) is 9.59 Å². The lowest BCUT2D eigenvalue weighted by atomic mass is 10.00. The Balaban J connectivity index is 2.70. The second-order valence-corrected chi connectivity index (χ2v) is 5.19. The third kappa shape index (κ3) is 5.43. The highest BCUT2D eigenvalue weighted by molar-refractivity contribution is 5.80. The molecule has 4 nitrogen and oxygen atoms in total. The van der Waals surface area contributed by atoms with Crippen LogP contribution in [0.2, 0.25) is 0 Å². The Bertz CT molecular complexity index is 431. The average molecular weight is 276 g/mol. The molecule has 0 radical (unpaired) electrons. The zero-order valence-electron chi connectivity index (χ0n) is 12.3. The Kier molecular flexibility index (Phi) is 6.77. The van der Waals surface area contributed by atoms with Crippen LogP contribution in [0.1, 0.15) is 51.1 Å². The maximum atomic E-state index is 12.2. The summed E-state index contributed by atoms with van der Waals surface area (Å²) in [4.78, 5) is 23.3. The Labute approximate surface area is 120 Å². The molecule has 0 saturated carbocycles. The van der Waals surface area contributed by atoms with E-state index in [-0.39, 0.29) is 24.3 Å². The smallest absolute Gasteiger partial charge is 0.223 e. The number of hydrogen-bond acceptors (Lipinski definition) is 2. The molecule has 3 N–H and O–H groups in total. The van der Waals surface area contributed by atoms with Gasteiger partial charge in [0, 0.05) is 5.92 Å². The zero-order valence-corrected chi connectivity index (χ0v) is 12.3. The standard InChI is InChI=1S/C16H24N2O2/c1-3-4-8-12(2)16(20)18-14(11-15(17)19)13-9-6-5-7-10-13/h5-7,9-10,12,14H,3-4,8,11H2,1-2H3,(H2,17,19)(H,18,20)/t12?,14-/m1/s1. The molecule has 1 rings (SSSR count). The molecule has 2 atom stereocenters. The van der Waals surface area contributed by atoms with Gasteiger partial charge in [-0.2, -0.15) is 0 Å². The van der Waals surface area contributed by atoms with Gasteiger partial charge in [0.2, 0.25) is 11.8 Å². The molecule has 0 saturated heterocycles. The van der Waals surface area contributed by atoms with Crippen LogP contribution in [0.4, 0.5) is 0 Å². The van der Waals surface area contributed by atoms with Gasteiger partial charge in [0.25, 0.3) is 0 Å². The SMILES string of the molecule is CCCCC(C)C(=O)N[C@H](CC(N)=O)c1ccccc1. The zero-order chi connectivity index (χ0) is 15.0. The van der Waals surface area contributed by atoms with Crippen LogP contribution in [0.25, 0.3) is 0 Å². The van der Waals surface area contributed by atoms with Crippen molar-refractivity contribution in [2.45, 2.75) is 45.6 Å². The number of benzene rings is 1. The van der Waals surface area contributed by atoms with Crippen molar-refractivity contribution in [3.8, 4) is 0 Å². The summed E-state index contributed by atoms with van der Waals surface area (Å²) in [5, 5.41) is 2.93.